The van der Waals surface area contributed by atoms with E-state index in [4.69, 9.17) is 4.74 Å². The molecule has 1 aromatic heterocycles. The van der Waals surface area contributed by atoms with E-state index in [2.05, 4.69) is 4.98 Å². The molecule has 0 bridgehead atoms. The van der Waals surface area contributed by atoms with Gasteiger partial charge in [0, 0.05) is 37.1 Å². The lowest BCUT2D eigenvalue weighted by molar-refractivity contribution is -0.135. The zero-order chi connectivity index (χ0) is 21.8. The molecule has 1 fully saturated rings. The highest BCUT2D eigenvalue weighted by Crippen LogP contribution is 2.16. The third-order valence-electron chi connectivity index (χ3n) is 5.25. The van der Waals surface area contributed by atoms with Crippen LogP contribution in [-0.2, 0) is 25.3 Å². The Bertz CT molecular complexity index is 1150. The highest BCUT2D eigenvalue weighted by Gasteiger charge is 2.29. The molecule has 0 aliphatic carbocycles. The molecule has 4 rings (SSSR count). The number of benzene rings is 2. The van der Waals surface area contributed by atoms with E-state index in [1.165, 1.54) is 9.21 Å². The van der Waals surface area contributed by atoms with Crippen molar-refractivity contribution >= 4 is 32.8 Å². The van der Waals surface area contributed by atoms with Gasteiger partial charge in [-0.05, 0) is 17.7 Å². The molecule has 31 heavy (non-hydrogen) atoms. The molecule has 0 atom stereocenters. The molecule has 1 amide bonds. The Morgan fingerprint density at radius 1 is 0.935 bits per heavy atom. The van der Waals surface area contributed by atoms with Crippen molar-refractivity contribution < 1.29 is 22.7 Å². The number of sulfonamides is 1. The van der Waals surface area contributed by atoms with Crippen LogP contribution in [0, 0.1) is 0 Å². The Kier molecular flexibility index (Phi) is 6.06. The molecule has 1 aliphatic rings. The number of hydrogen-bond donors (Lipinski definition) is 1. The van der Waals surface area contributed by atoms with E-state index in [1.807, 2.05) is 30.3 Å². The summed E-state index contributed by atoms with van der Waals surface area (Å²) in [5.41, 5.74) is 1.82. The number of nitrogens with zero attached hydrogens (tertiary/aromatic N) is 2. The van der Waals surface area contributed by atoms with Gasteiger partial charge in [-0.25, -0.2) is 13.2 Å². The lowest BCUT2D eigenvalue weighted by atomic mass is 10.2. The van der Waals surface area contributed by atoms with Gasteiger partial charge in [0.1, 0.15) is 5.69 Å². The number of aromatic amines is 1. The first kappa shape index (κ1) is 21.1. The minimum Gasteiger partial charge on any atom is -0.451 e. The molecule has 3 aromatic rings. The minimum atomic E-state index is -3.45. The molecule has 8 nitrogen and oxygen atoms in total. The smallest absolute Gasteiger partial charge is 0.355 e. The summed E-state index contributed by atoms with van der Waals surface area (Å²) < 4.78 is 31.8. The summed E-state index contributed by atoms with van der Waals surface area (Å²) in [4.78, 5) is 29.2. The maximum Gasteiger partial charge on any atom is 0.355 e. The number of esters is 1. The van der Waals surface area contributed by atoms with Crippen molar-refractivity contribution in [2.75, 3.05) is 32.8 Å². The predicted molar refractivity (Wildman–Crippen MR) is 116 cm³/mol. The highest BCUT2D eigenvalue weighted by atomic mass is 32.2. The van der Waals surface area contributed by atoms with Crippen molar-refractivity contribution in [2.24, 2.45) is 0 Å². The van der Waals surface area contributed by atoms with E-state index in [0.29, 0.717) is 0 Å². The topological polar surface area (TPSA) is 99.8 Å². The summed E-state index contributed by atoms with van der Waals surface area (Å²) >= 11 is 0. The van der Waals surface area contributed by atoms with E-state index in [1.54, 1.807) is 30.3 Å². The summed E-state index contributed by atoms with van der Waals surface area (Å²) in [6.45, 7) is 0.576. The summed E-state index contributed by atoms with van der Waals surface area (Å²) in [5, 5.41) is 0.883. The molecule has 1 N–H and O–H groups in total. The van der Waals surface area contributed by atoms with E-state index in [-0.39, 0.29) is 50.1 Å². The van der Waals surface area contributed by atoms with Gasteiger partial charge in [0.2, 0.25) is 10.0 Å². The summed E-state index contributed by atoms with van der Waals surface area (Å²) in [6.07, 6.45) is 0. The number of para-hydroxylation sites is 1. The van der Waals surface area contributed by atoms with Crippen molar-refractivity contribution in [3.05, 3.63) is 71.9 Å². The number of hydrogen-bond acceptors (Lipinski definition) is 5. The van der Waals surface area contributed by atoms with Crippen molar-refractivity contribution in [1.82, 2.24) is 14.2 Å². The predicted octanol–water partition coefficient (Wildman–Crippen LogP) is 2.00. The molecule has 162 valence electrons. The average Bonchev–Trinajstić information content (AvgIpc) is 3.22. The van der Waals surface area contributed by atoms with E-state index < -0.39 is 16.0 Å². The Balaban J connectivity index is 1.27. The molecule has 0 saturated carbocycles. The number of aromatic nitrogens is 1. The third kappa shape index (κ3) is 4.95. The van der Waals surface area contributed by atoms with Gasteiger partial charge >= 0.3 is 5.97 Å². The van der Waals surface area contributed by atoms with Gasteiger partial charge in [0.25, 0.3) is 5.91 Å². The molecule has 2 heterocycles. The van der Waals surface area contributed by atoms with Crippen molar-refractivity contribution in [3.63, 3.8) is 0 Å². The van der Waals surface area contributed by atoms with Crippen LogP contribution in [-0.4, -0.2) is 67.3 Å². The van der Waals surface area contributed by atoms with Gasteiger partial charge in [-0.2, -0.15) is 4.31 Å². The molecule has 1 aliphatic heterocycles. The minimum absolute atomic E-state index is 0.0656. The third-order valence-corrected chi connectivity index (χ3v) is 7.10. The largest absolute Gasteiger partial charge is 0.451 e. The van der Waals surface area contributed by atoms with Gasteiger partial charge in [-0.15, -0.1) is 0 Å². The Labute approximate surface area is 180 Å². The number of carbonyl (C=O) groups excluding carboxylic acids is 2. The first-order valence-electron chi connectivity index (χ1n) is 9.97. The van der Waals surface area contributed by atoms with Crippen LogP contribution in [0.5, 0.6) is 0 Å². The lowest BCUT2D eigenvalue weighted by Gasteiger charge is -2.33. The van der Waals surface area contributed by atoms with Crippen LogP contribution in [0.3, 0.4) is 0 Å². The number of carbonyl (C=O) groups is 2. The number of H-pyrrole nitrogens is 1. The quantitative estimate of drug-likeness (QED) is 0.590. The second-order valence-electron chi connectivity index (χ2n) is 7.37. The lowest BCUT2D eigenvalue weighted by Crippen LogP contribution is -2.51. The Hall–Kier alpha value is -3.17. The van der Waals surface area contributed by atoms with E-state index >= 15 is 0 Å². The monoisotopic (exact) mass is 441 g/mol. The van der Waals surface area contributed by atoms with E-state index in [9.17, 15) is 18.0 Å². The van der Waals surface area contributed by atoms with Crippen molar-refractivity contribution in [1.29, 1.82) is 0 Å². The Morgan fingerprint density at radius 3 is 2.32 bits per heavy atom. The molecule has 0 unspecified atom stereocenters. The van der Waals surface area contributed by atoms with E-state index in [0.717, 1.165) is 16.5 Å². The number of nitrogens with one attached hydrogen (secondary N) is 1. The van der Waals surface area contributed by atoms with Gasteiger partial charge in [-0.3, -0.25) is 4.79 Å². The molecule has 1 saturated heterocycles. The van der Waals surface area contributed by atoms with Crippen LogP contribution >= 0.6 is 0 Å². The molecular formula is C22H23N3O5S. The van der Waals surface area contributed by atoms with Crippen LogP contribution < -0.4 is 0 Å². The van der Waals surface area contributed by atoms with Crippen molar-refractivity contribution in [2.45, 2.75) is 5.75 Å². The molecule has 9 heteroatoms. The van der Waals surface area contributed by atoms with Crippen LogP contribution in [0.1, 0.15) is 16.1 Å². The van der Waals surface area contributed by atoms with Crippen LogP contribution in [0.2, 0.25) is 0 Å². The summed E-state index contributed by atoms with van der Waals surface area (Å²) in [7, 11) is -3.45. The standard InChI is InChI=1S/C22H23N3O5S/c26-21(15-30-22(27)20-14-18-8-4-5-9-19(18)23-20)24-10-12-25(13-11-24)31(28,29)16-17-6-2-1-3-7-17/h1-9,14,23H,10-13,15-16H2. The SMILES string of the molecule is O=C(OCC(=O)N1CCN(S(=O)(=O)Cc2ccccc2)CC1)c1cc2ccccc2[nH]1. The van der Waals surface area contributed by atoms with Gasteiger partial charge in [-0.1, -0.05) is 48.5 Å². The second-order valence-corrected chi connectivity index (χ2v) is 9.34. The van der Waals surface area contributed by atoms with Gasteiger partial charge in [0.15, 0.2) is 6.61 Å². The fourth-order valence-corrected chi connectivity index (χ4v) is 5.09. The molecular weight excluding hydrogens is 418 g/mol. The van der Waals surface area contributed by atoms with Gasteiger partial charge < -0.3 is 14.6 Å². The van der Waals surface area contributed by atoms with Crippen LogP contribution in [0.15, 0.2) is 60.7 Å². The van der Waals surface area contributed by atoms with Crippen LogP contribution in [0.4, 0.5) is 0 Å². The first-order chi connectivity index (χ1) is 14.9. The number of rotatable bonds is 6. The normalized spacial score (nSPS) is 15.2. The molecule has 2 aromatic carbocycles. The average molecular weight is 442 g/mol. The molecule has 0 spiro atoms. The fraction of sp³-hybridized carbons (Fsp3) is 0.273. The maximum absolute atomic E-state index is 12.6. The zero-order valence-corrected chi connectivity index (χ0v) is 17.7. The summed E-state index contributed by atoms with van der Waals surface area (Å²) in [5.74, 6) is -1.01. The molecule has 0 radical (unpaired) electrons. The Morgan fingerprint density at radius 2 is 1.61 bits per heavy atom. The van der Waals surface area contributed by atoms with Crippen LogP contribution in [0.25, 0.3) is 10.9 Å². The van der Waals surface area contributed by atoms with Gasteiger partial charge in [0.05, 0.1) is 5.75 Å². The number of piperazine rings is 1. The number of ether oxygens (including phenoxy) is 1. The number of amides is 1. The second kappa shape index (κ2) is 8.91. The highest BCUT2D eigenvalue weighted by molar-refractivity contribution is 7.88. The van der Waals surface area contributed by atoms with Crippen molar-refractivity contribution in [3.8, 4) is 0 Å². The summed E-state index contributed by atoms with van der Waals surface area (Å²) in [6, 6.07) is 18.1. The fourth-order valence-electron chi connectivity index (χ4n) is 3.57. The first-order valence-corrected chi connectivity index (χ1v) is 11.6. The zero-order valence-electron chi connectivity index (χ0n) is 16.9. The maximum atomic E-state index is 12.6. The number of fused-ring (bicyclic) bond motifs is 1.